The van der Waals surface area contributed by atoms with E-state index in [9.17, 15) is 10.1 Å². The lowest BCUT2D eigenvalue weighted by molar-refractivity contribution is -0.383. The zero-order valence-electron chi connectivity index (χ0n) is 12.6. The first-order chi connectivity index (χ1) is 9.91. The van der Waals surface area contributed by atoms with E-state index in [4.69, 9.17) is 10.6 Å². The van der Waals surface area contributed by atoms with Gasteiger partial charge in [0.1, 0.15) is 11.4 Å². The molecule has 0 amide bonds. The topological polar surface area (TPSA) is 102 Å². The molecule has 0 aromatic heterocycles. The number of anilines is 2. The van der Waals surface area contributed by atoms with E-state index in [0.717, 1.165) is 6.42 Å². The molecule has 0 bridgehead atoms. The molecular weight excluding hydrogens is 272 g/mol. The molecule has 0 radical (unpaired) electrons. The molecule has 7 heteroatoms. The van der Waals surface area contributed by atoms with Crippen LogP contribution in [0.3, 0.4) is 0 Å². The minimum atomic E-state index is -0.427. The van der Waals surface area contributed by atoms with Crippen LogP contribution in [0, 0.1) is 15.5 Å². The van der Waals surface area contributed by atoms with Gasteiger partial charge in [0.25, 0.3) is 0 Å². The molecule has 1 saturated carbocycles. The number of hydrogen-bond acceptors (Lipinski definition) is 6. The summed E-state index contributed by atoms with van der Waals surface area (Å²) in [7, 11) is 0. The Balaban J connectivity index is 2.20. The highest BCUT2D eigenvalue weighted by Crippen LogP contribution is 2.45. The number of nitro groups is 1. The van der Waals surface area contributed by atoms with Gasteiger partial charge >= 0.3 is 5.69 Å². The molecule has 2 unspecified atom stereocenters. The molecule has 21 heavy (non-hydrogen) atoms. The normalized spacial score (nSPS) is 23.2. The molecule has 2 rings (SSSR count). The first-order valence-corrected chi connectivity index (χ1v) is 7.04. The van der Waals surface area contributed by atoms with Crippen LogP contribution in [0.5, 0.6) is 0 Å². The fraction of sp³-hybridized carbons (Fsp3) is 0.571. The summed E-state index contributed by atoms with van der Waals surface area (Å²) >= 11 is 0. The van der Waals surface area contributed by atoms with Gasteiger partial charge in [-0.25, -0.2) is 0 Å². The smallest absolute Gasteiger partial charge is 0.316 e. The molecule has 1 aliphatic carbocycles. The van der Waals surface area contributed by atoms with Gasteiger partial charge in [0.05, 0.1) is 11.0 Å². The Bertz CT molecular complexity index is 533. The molecule has 1 fully saturated rings. The van der Waals surface area contributed by atoms with Crippen LogP contribution < -0.4 is 16.6 Å². The first kappa shape index (κ1) is 15.5. The Hall–Kier alpha value is -1.86. The maximum atomic E-state index is 11.3. The highest BCUT2D eigenvalue weighted by molar-refractivity contribution is 5.76. The molecule has 1 aromatic carbocycles. The third-order valence-electron chi connectivity index (χ3n) is 4.25. The molecule has 0 saturated heterocycles. The number of nitrogen functional groups attached to an aromatic ring is 1. The average Bonchev–Trinajstić information content (AvgIpc) is 2.45. The summed E-state index contributed by atoms with van der Waals surface area (Å²) in [5, 5.41) is 14.5. The van der Waals surface area contributed by atoms with Gasteiger partial charge in [-0.15, -0.1) is 0 Å². The Morgan fingerprint density at radius 1 is 1.48 bits per heavy atom. The van der Waals surface area contributed by atoms with E-state index < -0.39 is 4.92 Å². The summed E-state index contributed by atoms with van der Waals surface area (Å²) < 4.78 is 5.68. The number of hydrazine groups is 1. The van der Waals surface area contributed by atoms with Crippen LogP contribution in [0.4, 0.5) is 17.1 Å². The van der Waals surface area contributed by atoms with Crippen LogP contribution in [0.2, 0.25) is 0 Å². The van der Waals surface area contributed by atoms with E-state index in [0.29, 0.717) is 18.0 Å². The van der Waals surface area contributed by atoms with Crippen molar-refractivity contribution in [3.63, 3.8) is 0 Å². The van der Waals surface area contributed by atoms with Gasteiger partial charge in [-0.3, -0.25) is 16.0 Å². The number of hydrogen-bond donors (Lipinski definition) is 3. The predicted octanol–water partition coefficient (Wildman–Crippen LogP) is 2.50. The van der Waals surface area contributed by atoms with Crippen LogP contribution in [0.25, 0.3) is 0 Å². The molecule has 4 N–H and O–H groups in total. The van der Waals surface area contributed by atoms with E-state index in [1.54, 1.807) is 18.2 Å². The highest BCUT2D eigenvalue weighted by Gasteiger charge is 2.49. The van der Waals surface area contributed by atoms with Gasteiger partial charge in [-0.1, -0.05) is 19.9 Å². The van der Waals surface area contributed by atoms with Crippen molar-refractivity contribution in [2.45, 2.75) is 39.3 Å². The van der Waals surface area contributed by atoms with E-state index in [-0.39, 0.29) is 23.2 Å². The standard InChI is InChI=1S/C14H22N4O3/c1-4-21-12-8-11(14(12,2)3)16-9-6-5-7-10(17-15)13(9)18(19)20/h5-7,11-12,16-17H,4,8,15H2,1-3H3. The molecule has 0 aliphatic heterocycles. The summed E-state index contributed by atoms with van der Waals surface area (Å²) in [5.41, 5.74) is 3.04. The summed E-state index contributed by atoms with van der Waals surface area (Å²) in [5.74, 6) is 5.35. The van der Waals surface area contributed by atoms with E-state index in [1.165, 1.54) is 0 Å². The quantitative estimate of drug-likeness (QED) is 0.423. The number of rotatable bonds is 6. The van der Waals surface area contributed by atoms with Crippen molar-refractivity contribution in [1.29, 1.82) is 0 Å². The van der Waals surface area contributed by atoms with Crippen LogP contribution in [0.1, 0.15) is 27.2 Å². The van der Waals surface area contributed by atoms with E-state index in [2.05, 4.69) is 24.6 Å². The van der Waals surface area contributed by atoms with Gasteiger partial charge in [0.2, 0.25) is 0 Å². The molecule has 2 atom stereocenters. The number of nitrogens with two attached hydrogens (primary N) is 1. The Labute approximate surface area is 124 Å². The van der Waals surface area contributed by atoms with Crippen molar-refractivity contribution in [2.75, 3.05) is 17.3 Å². The van der Waals surface area contributed by atoms with Crippen molar-refractivity contribution in [3.8, 4) is 0 Å². The second-order valence-electron chi connectivity index (χ2n) is 5.80. The summed E-state index contributed by atoms with van der Waals surface area (Å²) in [6.07, 6.45) is 1.01. The van der Waals surface area contributed by atoms with Crippen molar-refractivity contribution >= 4 is 17.1 Å². The molecule has 0 heterocycles. The van der Waals surface area contributed by atoms with Crippen molar-refractivity contribution in [1.82, 2.24) is 0 Å². The number of nitro benzene ring substituents is 1. The summed E-state index contributed by atoms with van der Waals surface area (Å²) in [6.45, 7) is 6.85. The first-order valence-electron chi connectivity index (χ1n) is 7.04. The summed E-state index contributed by atoms with van der Waals surface area (Å²) in [4.78, 5) is 10.8. The Morgan fingerprint density at radius 2 is 2.14 bits per heavy atom. The second kappa shape index (κ2) is 5.87. The SMILES string of the molecule is CCOC1CC(Nc2cccc(NN)c2[N+](=O)[O-])C1(C)C. The molecule has 7 nitrogen and oxygen atoms in total. The Morgan fingerprint density at radius 3 is 2.67 bits per heavy atom. The number of para-hydroxylation sites is 1. The number of benzene rings is 1. The fourth-order valence-corrected chi connectivity index (χ4v) is 2.78. The molecule has 1 aromatic rings. The van der Waals surface area contributed by atoms with Gasteiger partial charge in [-0.2, -0.15) is 0 Å². The lowest BCUT2D eigenvalue weighted by Gasteiger charge is -2.51. The van der Waals surface area contributed by atoms with Gasteiger partial charge in [0, 0.05) is 18.1 Å². The van der Waals surface area contributed by atoms with Crippen LogP contribution in [-0.2, 0) is 4.74 Å². The maximum absolute atomic E-state index is 11.3. The second-order valence-corrected chi connectivity index (χ2v) is 5.80. The van der Waals surface area contributed by atoms with Crippen LogP contribution >= 0.6 is 0 Å². The largest absolute Gasteiger partial charge is 0.378 e. The van der Waals surface area contributed by atoms with Crippen molar-refractivity contribution < 1.29 is 9.66 Å². The predicted molar refractivity (Wildman–Crippen MR) is 82.1 cm³/mol. The van der Waals surface area contributed by atoms with Crippen LogP contribution in [0.15, 0.2) is 18.2 Å². The van der Waals surface area contributed by atoms with E-state index >= 15 is 0 Å². The Kier molecular flexibility index (Phi) is 4.34. The van der Waals surface area contributed by atoms with Gasteiger partial charge < -0.3 is 15.5 Å². The lowest BCUT2D eigenvalue weighted by atomic mass is 9.64. The average molecular weight is 294 g/mol. The van der Waals surface area contributed by atoms with Crippen molar-refractivity contribution in [2.24, 2.45) is 11.3 Å². The van der Waals surface area contributed by atoms with Gasteiger partial charge in [0.15, 0.2) is 0 Å². The zero-order chi connectivity index (χ0) is 15.6. The number of ether oxygens (including phenoxy) is 1. The summed E-state index contributed by atoms with van der Waals surface area (Å²) in [6, 6.07) is 5.14. The third kappa shape index (κ3) is 2.79. The molecule has 116 valence electrons. The number of nitrogens with zero attached hydrogens (tertiary/aromatic N) is 1. The lowest BCUT2D eigenvalue weighted by Crippen LogP contribution is -2.58. The third-order valence-corrected chi connectivity index (χ3v) is 4.25. The molecule has 0 spiro atoms. The molecular formula is C14H22N4O3. The maximum Gasteiger partial charge on any atom is 0.316 e. The monoisotopic (exact) mass is 294 g/mol. The highest BCUT2D eigenvalue weighted by atomic mass is 16.6. The van der Waals surface area contributed by atoms with Gasteiger partial charge in [-0.05, 0) is 25.5 Å². The minimum absolute atomic E-state index is 0.0318. The zero-order valence-corrected chi connectivity index (χ0v) is 12.6. The number of nitrogens with one attached hydrogen (secondary N) is 2. The fourth-order valence-electron chi connectivity index (χ4n) is 2.78. The van der Waals surface area contributed by atoms with E-state index in [1.807, 2.05) is 6.92 Å². The molecule has 1 aliphatic rings. The van der Waals surface area contributed by atoms with Crippen LogP contribution in [-0.4, -0.2) is 23.7 Å². The van der Waals surface area contributed by atoms with Crippen molar-refractivity contribution in [3.05, 3.63) is 28.3 Å². The minimum Gasteiger partial charge on any atom is -0.378 e.